The maximum Gasteiger partial charge on any atom is 0.335 e. The summed E-state index contributed by atoms with van der Waals surface area (Å²) in [6.07, 6.45) is 3.69. The third-order valence-electron chi connectivity index (χ3n) is 3.73. The number of fused-ring (bicyclic) bond motifs is 1. The minimum Gasteiger partial charge on any atom is -0.495 e. The molecule has 0 saturated heterocycles. The summed E-state index contributed by atoms with van der Waals surface area (Å²) in [7, 11) is 1.57. The number of aryl methyl sites for hydroxylation is 1. The number of pyridine rings is 1. The minimum atomic E-state index is -0.953. The molecule has 21 heavy (non-hydrogen) atoms. The van der Waals surface area contributed by atoms with Gasteiger partial charge in [-0.3, -0.25) is 4.98 Å². The molecule has 108 valence electrons. The molecule has 1 aliphatic carbocycles. The van der Waals surface area contributed by atoms with Crippen LogP contribution in [0.2, 0.25) is 0 Å². The number of aromatic nitrogens is 1. The zero-order valence-electron chi connectivity index (χ0n) is 11.7. The Hall–Kier alpha value is -2.56. The highest BCUT2D eigenvalue weighted by Crippen LogP contribution is 2.35. The summed E-state index contributed by atoms with van der Waals surface area (Å²) < 4.78 is 5.30. The van der Waals surface area contributed by atoms with Crippen LogP contribution in [0.1, 0.15) is 34.1 Å². The second kappa shape index (κ2) is 5.44. The van der Waals surface area contributed by atoms with E-state index in [9.17, 15) is 4.79 Å². The lowest BCUT2D eigenvalue weighted by Gasteiger charge is -2.17. The third-order valence-corrected chi connectivity index (χ3v) is 3.73. The van der Waals surface area contributed by atoms with Crippen molar-refractivity contribution in [2.45, 2.75) is 18.9 Å². The third kappa shape index (κ3) is 2.54. The quantitative estimate of drug-likeness (QED) is 0.903. The molecule has 1 heterocycles. The van der Waals surface area contributed by atoms with Crippen LogP contribution in [-0.4, -0.2) is 23.2 Å². The van der Waals surface area contributed by atoms with E-state index in [4.69, 9.17) is 9.84 Å². The van der Waals surface area contributed by atoms with E-state index >= 15 is 0 Å². The number of rotatable bonds is 4. The van der Waals surface area contributed by atoms with Gasteiger partial charge in [-0.25, -0.2) is 4.79 Å². The molecule has 1 unspecified atom stereocenters. The van der Waals surface area contributed by atoms with E-state index in [0.717, 1.165) is 18.5 Å². The fourth-order valence-electron chi connectivity index (χ4n) is 2.69. The lowest BCUT2D eigenvalue weighted by atomic mass is 10.1. The van der Waals surface area contributed by atoms with E-state index in [0.29, 0.717) is 11.4 Å². The molecule has 2 aromatic rings. The van der Waals surface area contributed by atoms with Crippen LogP contribution in [-0.2, 0) is 6.42 Å². The second-order valence-electron chi connectivity index (χ2n) is 5.00. The van der Waals surface area contributed by atoms with Gasteiger partial charge in [-0.05, 0) is 42.7 Å². The van der Waals surface area contributed by atoms with Crippen molar-refractivity contribution in [3.63, 3.8) is 0 Å². The van der Waals surface area contributed by atoms with E-state index in [1.807, 2.05) is 6.07 Å². The number of ether oxygens (including phenoxy) is 1. The van der Waals surface area contributed by atoms with Crippen molar-refractivity contribution in [3.05, 3.63) is 53.3 Å². The molecule has 1 aromatic carbocycles. The molecule has 0 fully saturated rings. The van der Waals surface area contributed by atoms with Gasteiger partial charge in [0.05, 0.1) is 30.1 Å². The lowest BCUT2D eigenvalue weighted by Crippen LogP contribution is -2.10. The van der Waals surface area contributed by atoms with Crippen LogP contribution in [0.25, 0.3) is 0 Å². The van der Waals surface area contributed by atoms with Crippen molar-refractivity contribution in [2.75, 3.05) is 12.4 Å². The molecule has 0 saturated carbocycles. The topological polar surface area (TPSA) is 71.5 Å². The van der Waals surface area contributed by atoms with E-state index in [1.54, 1.807) is 25.4 Å². The zero-order valence-corrected chi connectivity index (χ0v) is 11.7. The Kier molecular flexibility index (Phi) is 3.48. The van der Waals surface area contributed by atoms with Crippen LogP contribution in [0, 0.1) is 0 Å². The number of anilines is 1. The van der Waals surface area contributed by atoms with Crippen LogP contribution >= 0.6 is 0 Å². The molecule has 1 aromatic heterocycles. The number of benzene rings is 1. The summed E-state index contributed by atoms with van der Waals surface area (Å²) in [6, 6.07) is 8.90. The molecule has 3 rings (SSSR count). The smallest absolute Gasteiger partial charge is 0.335 e. The molecule has 5 nitrogen and oxygen atoms in total. The van der Waals surface area contributed by atoms with Gasteiger partial charge in [0.15, 0.2) is 0 Å². The second-order valence-corrected chi connectivity index (χ2v) is 5.00. The fraction of sp³-hybridized carbons (Fsp3) is 0.250. The first kappa shape index (κ1) is 13.4. The maximum atomic E-state index is 11.1. The maximum absolute atomic E-state index is 11.1. The van der Waals surface area contributed by atoms with Crippen molar-refractivity contribution in [3.8, 4) is 5.75 Å². The Bertz CT molecular complexity index is 685. The van der Waals surface area contributed by atoms with Gasteiger partial charge in [0, 0.05) is 6.20 Å². The van der Waals surface area contributed by atoms with E-state index in [2.05, 4.69) is 16.4 Å². The average Bonchev–Trinajstić information content (AvgIpc) is 2.90. The van der Waals surface area contributed by atoms with Crippen molar-refractivity contribution >= 4 is 11.7 Å². The molecule has 1 aliphatic rings. The van der Waals surface area contributed by atoms with Gasteiger partial charge in [0.2, 0.25) is 0 Å². The molecule has 0 bridgehead atoms. The van der Waals surface area contributed by atoms with Crippen molar-refractivity contribution in [1.82, 2.24) is 4.98 Å². The van der Waals surface area contributed by atoms with Crippen LogP contribution in [0.5, 0.6) is 5.75 Å². The first-order valence-electron chi connectivity index (χ1n) is 6.80. The molecular weight excluding hydrogens is 268 g/mol. The van der Waals surface area contributed by atoms with Gasteiger partial charge in [-0.15, -0.1) is 0 Å². The summed E-state index contributed by atoms with van der Waals surface area (Å²) in [4.78, 5) is 15.5. The van der Waals surface area contributed by atoms with E-state index < -0.39 is 5.97 Å². The molecule has 0 amide bonds. The standard InChI is InChI=1S/C16H16N2O3/c1-21-14-7-5-11(16(19)20)9-13(14)18-12-6-4-10-3-2-8-17-15(10)12/h2-3,5,7-9,12,18H,4,6H2,1H3,(H,19,20). The van der Waals surface area contributed by atoms with Crippen molar-refractivity contribution < 1.29 is 14.6 Å². The number of aromatic carboxylic acids is 1. The van der Waals surface area contributed by atoms with Crippen molar-refractivity contribution in [1.29, 1.82) is 0 Å². The molecule has 1 atom stereocenters. The number of carboxylic acids is 1. The molecule has 0 spiro atoms. The number of nitrogens with one attached hydrogen (secondary N) is 1. The van der Waals surface area contributed by atoms with Gasteiger partial charge in [0.1, 0.15) is 5.75 Å². The summed E-state index contributed by atoms with van der Waals surface area (Å²) >= 11 is 0. The Morgan fingerprint density at radius 2 is 2.29 bits per heavy atom. The SMILES string of the molecule is COc1ccc(C(=O)O)cc1NC1CCc2cccnc21. The number of methoxy groups -OCH3 is 1. The Balaban J connectivity index is 1.91. The summed E-state index contributed by atoms with van der Waals surface area (Å²) in [5.41, 5.74) is 3.18. The number of hydrogen-bond acceptors (Lipinski definition) is 4. The summed E-state index contributed by atoms with van der Waals surface area (Å²) in [5.74, 6) is -0.324. The van der Waals surface area contributed by atoms with Crippen LogP contribution in [0.15, 0.2) is 36.5 Å². The lowest BCUT2D eigenvalue weighted by molar-refractivity contribution is 0.0697. The largest absolute Gasteiger partial charge is 0.495 e. The van der Waals surface area contributed by atoms with Gasteiger partial charge < -0.3 is 15.2 Å². The van der Waals surface area contributed by atoms with Crippen molar-refractivity contribution in [2.24, 2.45) is 0 Å². The Morgan fingerprint density at radius 1 is 1.43 bits per heavy atom. The number of hydrogen-bond donors (Lipinski definition) is 2. The Morgan fingerprint density at radius 3 is 3.05 bits per heavy atom. The number of carbonyl (C=O) groups is 1. The monoisotopic (exact) mass is 284 g/mol. The normalized spacial score (nSPS) is 16.3. The highest BCUT2D eigenvalue weighted by atomic mass is 16.5. The predicted molar refractivity (Wildman–Crippen MR) is 78.9 cm³/mol. The van der Waals surface area contributed by atoms with E-state index in [-0.39, 0.29) is 11.6 Å². The van der Waals surface area contributed by atoms with Gasteiger partial charge in [0.25, 0.3) is 0 Å². The van der Waals surface area contributed by atoms with Crippen LogP contribution < -0.4 is 10.1 Å². The zero-order chi connectivity index (χ0) is 14.8. The highest BCUT2D eigenvalue weighted by molar-refractivity contribution is 5.89. The molecular formula is C16H16N2O3. The predicted octanol–water partition coefficient (Wildman–Crippen LogP) is 2.89. The van der Waals surface area contributed by atoms with Gasteiger partial charge in [-0.2, -0.15) is 0 Å². The van der Waals surface area contributed by atoms with Gasteiger partial charge >= 0.3 is 5.97 Å². The molecule has 2 N–H and O–H groups in total. The van der Waals surface area contributed by atoms with Gasteiger partial charge in [-0.1, -0.05) is 6.07 Å². The van der Waals surface area contributed by atoms with Crippen LogP contribution in [0.3, 0.4) is 0 Å². The molecule has 0 aliphatic heterocycles. The number of nitrogens with zero attached hydrogens (tertiary/aromatic N) is 1. The first-order valence-corrected chi connectivity index (χ1v) is 6.80. The van der Waals surface area contributed by atoms with Crippen LogP contribution in [0.4, 0.5) is 5.69 Å². The summed E-state index contributed by atoms with van der Waals surface area (Å²) in [6.45, 7) is 0. The number of carboxylic acid groups (broad SMARTS) is 1. The minimum absolute atomic E-state index is 0.0825. The fourth-order valence-corrected chi connectivity index (χ4v) is 2.69. The highest BCUT2D eigenvalue weighted by Gasteiger charge is 2.24. The molecule has 0 radical (unpaired) electrons. The Labute approximate surface area is 122 Å². The molecule has 5 heteroatoms. The summed E-state index contributed by atoms with van der Waals surface area (Å²) in [5, 5.41) is 12.5. The first-order chi connectivity index (χ1) is 10.2. The van der Waals surface area contributed by atoms with E-state index in [1.165, 1.54) is 11.6 Å². The average molecular weight is 284 g/mol.